The lowest BCUT2D eigenvalue weighted by atomic mass is 10.4. The molecule has 4 heteroatoms. The quantitative estimate of drug-likeness (QED) is 0.660. The molecule has 0 saturated heterocycles. The number of rotatable bonds is 1. The zero-order valence-corrected chi connectivity index (χ0v) is 7.03. The van der Waals surface area contributed by atoms with Crippen LogP contribution in [0, 0.1) is 3.57 Å². The van der Waals surface area contributed by atoms with E-state index in [0.29, 0.717) is 3.57 Å². The van der Waals surface area contributed by atoms with Gasteiger partial charge in [-0.3, -0.25) is 4.98 Å². The molecule has 3 nitrogen and oxygen atoms in total. The van der Waals surface area contributed by atoms with Crippen LogP contribution in [0.4, 0.5) is 0 Å². The van der Waals surface area contributed by atoms with Gasteiger partial charge in [0.15, 0.2) is 0 Å². The number of nitrogens with zero attached hydrogens (tertiary/aromatic N) is 1. The number of carbonyl (C=O) groups excluding carboxylic acids is 1. The minimum atomic E-state index is -1.23. The van der Waals surface area contributed by atoms with Gasteiger partial charge >= 0.3 is 0 Å². The molecule has 0 saturated carbocycles. The molecule has 1 heterocycles. The molecule has 1 aromatic heterocycles. The van der Waals surface area contributed by atoms with Gasteiger partial charge in [0.25, 0.3) is 0 Å². The van der Waals surface area contributed by atoms with Crippen LogP contribution in [0.5, 0.6) is 0 Å². The fourth-order valence-corrected chi connectivity index (χ4v) is 1.10. The van der Waals surface area contributed by atoms with E-state index < -0.39 is 5.97 Å². The second-order valence-corrected chi connectivity index (χ2v) is 2.78. The third-order valence-corrected chi connectivity index (χ3v) is 1.82. The predicted molar refractivity (Wildman–Crippen MR) is 41.3 cm³/mol. The van der Waals surface area contributed by atoms with E-state index in [9.17, 15) is 9.90 Å². The summed E-state index contributed by atoms with van der Waals surface area (Å²) in [6, 6.07) is 3.34. The molecule has 0 aromatic carbocycles. The Morgan fingerprint density at radius 3 is 2.80 bits per heavy atom. The number of halogens is 1. The maximum Gasteiger partial charge on any atom is 0.0990 e. The first-order valence-electron chi connectivity index (χ1n) is 2.53. The highest BCUT2D eigenvalue weighted by atomic mass is 127. The fraction of sp³-hybridized carbons (Fsp3) is 0. The van der Waals surface area contributed by atoms with Crippen LogP contribution in [-0.2, 0) is 0 Å². The number of carboxylic acid groups (broad SMARTS) is 1. The second kappa shape index (κ2) is 2.96. The molecule has 0 amide bonds. The summed E-state index contributed by atoms with van der Waals surface area (Å²) in [4.78, 5) is 13.9. The van der Waals surface area contributed by atoms with E-state index in [4.69, 9.17) is 0 Å². The summed E-state index contributed by atoms with van der Waals surface area (Å²) >= 11 is 1.89. The SMILES string of the molecule is O=C([O-])c1ncccc1I. The maximum atomic E-state index is 10.2. The Kier molecular flexibility index (Phi) is 2.21. The summed E-state index contributed by atoms with van der Waals surface area (Å²) in [5.74, 6) is -1.23. The zero-order valence-electron chi connectivity index (χ0n) is 4.87. The zero-order chi connectivity index (χ0) is 7.56. The monoisotopic (exact) mass is 248 g/mol. The van der Waals surface area contributed by atoms with Crippen molar-refractivity contribution in [1.29, 1.82) is 0 Å². The Bertz CT molecular complexity index is 262. The molecule has 1 aromatic rings. The number of aromatic nitrogens is 1. The average Bonchev–Trinajstić information content (AvgIpc) is 1.88. The van der Waals surface area contributed by atoms with Gasteiger partial charge in [0.05, 0.1) is 11.7 Å². The highest BCUT2D eigenvalue weighted by molar-refractivity contribution is 14.1. The van der Waals surface area contributed by atoms with Gasteiger partial charge in [-0.25, -0.2) is 0 Å². The Balaban J connectivity index is 3.15. The molecule has 0 aliphatic carbocycles. The minimum Gasteiger partial charge on any atom is -0.543 e. The van der Waals surface area contributed by atoms with Crippen molar-refractivity contribution < 1.29 is 9.90 Å². The van der Waals surface area contributed by atoms with Gasteiger partial charge in [-0.2, -0.15) is 0 Å². The summed E-state index contributed by atoms with van der Waals surface area (Å²) < 4.78 is 0.597. The van der Waals surface area contributed by atoms with Gasteiger partial charge < -0.3 is 9.90 Å². The van der Waals surface area contributed by atoms with Gasteiger partial charge in [-0.15, -0.1) is 0 Å². The molecule has 0 unspecified atom stereocenters. The lowest BCUT2D eigenvalue weighted by Gasteiger charge is -2.01. The van der Waals surface area contributed by atoms with Crippen molar-refractivity contribution in [1.82, 2.24) is 4.98 Å². The standard InChI is InChI=1S/C6H4INO2/c7-4-2-1-3-8-5(4)6(9)10/h1-3H,(H,9,10)/p-1. The van der Waals surface area contributed by atoms with Crippen molar-refractivity contribution in [3.8, 4) is 0 Å². The number of aromatic carboxylic acids is 1. The van der Waals surface area contributed by atoms with Crippen molar-refractivity contribution >= 4 is 28.6 Å². The molecule has 1 rings (SSSR count). The Morgan fingerprint density at radius 1 is 1.70 bits per heavy atom. The number of pyridine rings is 1. The van der Waals surface area contributed by atoms with Gasteiger partial charge in [0.2, 0.25) is 0 Å². The van der Waals surface area contributed by atoms with E-state index in [1.807, 2.05) is 22.6 Å². The van der Waals surface area contributed by atoms with Crippen molar-refractivity contribution in [2.75, 3.05) is 0 Å². The summed E-state index contributed by atoms with van der Waals surface area (Å²) in [5, 5.41) is 10.2. The van der Waals surface area contributed by atoms with E-state index in [1.54, 1.807) is 12.1 Å². The van der Waals surface area contributed by atoms with Crippen LogP contribution in [0.1, 0.15) is 10.5 Å². The molecule has 0 bridgehead atoms. The third kappa shape index (κ3) is 1.44. The predicted octanol–water partition coefficient (Wildman–Crippen LogP) is 0.0497. The molecular formula is C6H3INO2-. The third-order valence-electron chi connectivity index (χ3n) is 0.952. The Morgan fingerprint density at radius 2 is 2.40 bits per heavy atom. The van der Waals surface area contributed by atoms with Crippen LogP contribution in [0.25, 0.3) is 0 Å². The smallest absolute Gasteiger partial charge is 0.0990 e. The van der Waals surface area contributed by atoms with E-state index >= 15 is 0 Å². The number of hydrogen-bond acceptors (Lipinski definition) is 3. The average molecular weight is 248 g/mol. The van der Waals surface area contributed by atoms with Crippen LogP contribution >= 0.6 is 22.6 Å². The van der Waals surface area contributed by atoms with Gasteiger partial charge in [0.1, 0.15) is 0 Å². The highest BCUT2D eigenvalue weighted by Gasteiger charge is 1.98. The van der Waals surface area contributed by atoms with Crippen molar-refractivity contribution in [2.24, 2.45) is 0 Å². The largest absolute Gasteiger partial charge is 0.543 e. The Labute approximate surface area is 71.2 Å². The van der Waals surface area contributed by atoms with Gasteiger partial charge in [-0.1, -0.05) is 0 Å². The number of hydrogen-bond donors (Lipinski definition) is 0. The molecule has 0 spiro atoms. The van der Waals surface area contributed by atoms with Crippen LogP contribution in [0.3, 0.4) is 0 Å². The molecule has 0 radical (unpaired) electrons. The molecule has 0 atom stereocenters. The van der Waals surface area contributed by atoms with Crippen molar-refractivity contribution in [2.45, 2.75) is 0 Å². The number of carbonyl (C=O) groups is 1. The Hall–Kier alpha value is -0.650. The highest BCUT2D eigenvalue weighted by Crippen LogP contribution is 2.06. The lowest BCUT2D eigenvalue weighted by Crippen LogP contribution is -2.24. The van der Waals surface area contributed by atoms with Crippen LogP contribution < -0.4 is 5.11 Å². The van der Waals surface area contributed by atoms with Crippen LogP contribution in [0.15, 0.2) is 18.3 Å². The molecule has 10 heavy (non-hydrogen) atoms. The summed E-state index contributed by atoms with van der Waals surface area (Å²) in [6.45, 7) is 0. The van der Waals surface area contributed by atoms with Crippen LogP contribution in [-0.4, -0.2) is 11.0 Å². The first-order valence-corrected chi connectivity index (χ1v) is 3.61. The topological polar surface area (TPSA) is 53.0 Å². The van der Waals surface area contributed by atoms with E-state index in [-0.39, 0.29) is 5.69 Å². The molecule has 0 N–H and O–H groups in total. The van der Waals surface area contributed by atoms with Crippen molar-refractivity contribution in [3.05, 3.63) is 27.6 Å². The van der Waals surface area contributed by atoms with Gasteiger partial charge in [-0.05, 0) is 34.7 Å². The first kappa shape index (κ1) is 7.46. The molecular weight excluding hydrogens is 245 g/mol. The van der Waals surface area contributed by atoms with Crippen LogP contribution in [0.2, 0.25) is 0 Å². The van der Waals surface area contributed by atoms with E-state index in [0.717, 1.165) is 0 Å². The normalized spacial score (nSPS) is 9.30. The van der Waals surface area contributed by atoms with E-state index in [1.165, 1.54) is 6.20 Å². The van der Waals surface area contributed by atoms with E-state index in [2.05, 4.69) is 4.98 Å². The summed E-state index contributed by atoms with van der Waals surface area (Å²) in [7, 11) is 0. The number of carboxylic acids is 1. The molecule has 0 fully saturated rings. The second-order valence-electron chi connectivity index (χ2n) is 1.62. The summed E-state index contributed by atoms with van der Waals surface area (Å²) in [5.41, 5.74) is 0.00287. The molecule has 0 aliphatic rings. The first-order chi connectivity index (χ1) is 4.72. The van der Waals surface area contributed by atoms with Crippen molar-refractivity contribution in [3.63, 3.8) is 0 Å². The lowest BCUT2D eigenvalue weighted by molar-refractivity contribution is -0.255. The van der Waals surface area contributed by atoms with Gasteiger partial charge in [0, 0.05) is 9.77 Å². The fourth-order valence-electron chi connectivity index (χ4n) is 0.536. The maximum absolute atomic E-state index is 10.2. The minimum absolute atomic E-state index is 0.00287. The molecule has 0 aliphatic heterocycles. The summed E-state index contributed by atoms with van der Waals surface area (Å²) in [6.07, 6.45) is 1.42. The molecule has 52 valence electrons.